The number of hydrogen-bond acceptors (Lipinski definition) is 5. The molecule has 0 fully saturated rings. The van der Waals surface area contributed by atoms with E-state index in [1.54, 1.807) is 24.2 Å². The van der Waals surface area contributed by atoms with Crippen LogP contribution >= 0.6 is 0 Å². The van der Waals surface area contributed by atoms with Gasteiger partial charge in [-0.3, -0.25) is 14.6 Å². The van der Waals surface area contributed by atoms with Crippen molar-refractivity contribution < 1.29 is 9.59 Å². The number of hydrogen-bond donors (Lipinski definition) is 1. The van der Waals surface area contributed by atoms with Crippen molar-refractivity contribution in [3.05, 3.63) is 41.5 Å². The van der Waals surface area contributed by atoms with Crippen molar-refractivity contribution in [3.8, 4) is 0 Å². The average Bonchev–Trinajstić information content (AvgIpc) is 2.91. The van der Waals surface area contributed by atoms with Crippen LogP contribution in [0.25, 0.3) is 0 Å². The van der Waals surface area contributed by atoms with Gasteiger partial charge in [-0.25, -0.2) is 4.68 Å². The zero-order valence-electron chi connectivity index (χ0n) is 11.6. The maximum atomic E-state index is 12.5. The molecule has 0 atom stereocenters. The maximum absolute atomic E-state index is 12.5. The van der Waals surface area contributed by atoms with E-state index in [0.29, 0.717) is 30.8 Å². The molecular weight excluding hydrogens is 270 g/mol. The fourth-order valence-corrected chi connectivity index (χ4v) is 2.52. The molecule has 0 saturated carbocycles. The summed E-state index contributed by atoms with van der Waals surface area (Å²) < 4.78 is 1.21. The van der Waals surface area contributed by atoms with Crippen molar-refractivity contribution in [1.29, 1.82) is 0 Å². The number of fused-ring (bicyclic) bond motifs is 1. The van der Waals surface area contributed by atoms with Crippen LogP contribution < -0.4 is 5.73 Å². The molecule has 2 N–H and O–H groups in total. The first kappa shape index (κ1) is 13.3. The van der Waals surface area contributed by atoms with Crippen LogP contribution in [0.3, 0.4) is 0 Å². The molecule has 0 aliphatic carbocycles. The SMILES string of the molecule is CC(=O)N1CCc2c(cncc2C(=O)n2cc(N)cn2)C1. The van der Waals surface area contributed by atoms with Gasteiger partial charge >= 0.3 is 0 Å². The van der Waals surface area contributed by atoms with E-state index in [2.05, 4.69) is 10.1 Å². The lowest BCUT2D eigenvalue weighted by Gasteiger charge is -2.28. The number of rotatable bonds is 1. The van der Waals surface area contributed by atoms with Gasteiger partial charge in [0.1, 0.15) is 0 Å². The minimum Gasteiger partial charge on any atom is -0.396 e. The van der Waals surface area contributed by atoms with E-state index in [1.807, 2.05) is 0 Å². The molecule has 1 amide bonds. The maximum Gasteiger partial charge on any atom is 0.280 e. The second-order valence-electron chi connectivity index (χ2n) is 5.04. The molecule has 21 heavy (non-hydrogen) atoms. The third kappa shape index (κ3) is 2.37. The normalized spacial score (nSPS) is 13.9. The number of pyridine rings is 1. The van der Waals surface area contributed by atoms with E-state index >= 15 is 0 Å². The summed E-state index contributed by atoms with van der Waals surface area (Å²) in [5.74, 6) is -0.232. The molecule has 0 aromatic carbocycles. The fraction of sp³-hybridized carbons (Fsp3) is 0.286. The summed E-state index contributed by atoms with van der Waals surface area (Å²) >= 11 is 0. The number of nitrogens with zero attached hydrogens (tertiary/aromatic N) is 4. The zero-order chi connectivity index (χ0) is 15.0. The predicted octanol–water partition coefficient (Wildman–Crippen LogP) is 0.453. The molecule has 3 rings (SSSR count). The Kier molecular flexibility index (Phi) is 3.17. The lowest BCUT2D eigenvalue weighted by atomic mass is 9.96. The molecule has 3 heterocycles. The van der Waals surface area contributed by atoms with E-state index in [1.165, 1.54) is 17.1 Å². The van der Waals surface area contributed by atoms with Gasteiger partial charge in [-0.1, -0.05) is 0 Å². The highest BCUT2D eigenvalue weighted by atomic mass is 16.2. The van der Waals surface area contributed by atoms with Gasteiger partial charge in [0.15, 0.2) is 0 Å². The molecule has 1 aliphatic heterocycles. The Balaban J connectivity index is 1.97. The summed E-state index contributed by atoms with van der Waals surface area (Å²) in [6.45, 7) is 2.63. The first-order chi connectivity index (χ1) is 10.1. The number of nitrogens with two attached hydrogens (primary N) is 1. The molecule has 7 heteroatoms. The molecule has 108 valence electrons. The number of nitrogen functional groups attached to an aromatic ring is 1. The van der Waals surface area contributed by atoms with Crippen LogP contribution in [0.15, 0.2) is 24.8 Å². The lowest BCUT2D eigenvalue weighted by Crippen LogP contribution is -2.35. The van der Waals surface area contributed by atoms with Gasteiger partial charge < -0.3 is 10.6 Å². The number of anilines is 1. The van der Waals surface area contributed by atoms with Crippen molar-refractivity contribution in [2.75, 3.05) is 12.3 Å². The van der Waals surface area contributed by atoms with Crippen LogP contribution in [0.4, 0.5) is 5.69 Å². The zero-order valence-corrected chi connectivity index (χ0v) is 11.6. The fourth-order valence-electron chi connectivity index (χ4n) is 2.52. The summed E-state index contributed by atoms with van der Waals surface area (Å²) in [4.78, 5) is 29.8. The minimum atomic E-state index is -0.257. The topological polar surface area (TPSA) is 94.1 Å². The number of amides is 1. The molecule has 0 bridgehead atoms. The third-order valence-corrected chi connectivity index (χ3v) is 3.63. The summed E-state index contributed by atoms with van der Waals surface area (Å²) in [6.07, 6.45) is 6.79. The van der Waals surface area contributed by atoms with Crippen molar-refractivity contribution in [2.45, 2.75) is 19.9 Å². The Labute approximate surface area is 121 Å². The Morgan fingerprint density at radius 1 is 1.29 bits per heavy atom. The molecule has 0 radical (unpaired) electrons. The van der Waals surface area contributed by atoms with Crippen LogP contribution in [0, 0.1) is 0 Å². The standard InChI is InChI=1S/C14H15N5O2/c1-9(20)18-3-2-12-10(7-18)4-16-6-13(12)14(21)19-8-11(15)5-17-19/h4-6,8H,2-3,7,15H2,1H3. The van der Waals surface area contributed by atoms with E-state index in [0.717, 1.165) is 11.1 Å². The Morgan fingerprint density at radius 3 is 2.76 bits per heavy atom. The highest BCUT2D eigenvalue weighted by molar-refractivity contribution is 5.97. The van der Waals surface area contributed by atoms with Crippen LogP contribution in [0.2, 0.25) is 0 Å². The summed E-state index contributed by atoms with van der Waals surface area (Å²) in [7, 11) is 0. The Bertz CT molecular complexity index is 722. The predicted molar refractivity (Wildman–Crippen MR) is 75.4 cm³/mol. The summed E-state index contributed by atoms with van der Waals surface area (Å²) in [5.41, 5.74) is 8.37. The molecule has 2 aromatic heterocycles. The van der Waals surface area contributed by atoms with Crippen LogP contribution in [0.5, 0.6) is 0 Å². The quantitative estimate of drug-likeness (QED) is 0.821. The molecule has 0 spiro atoms. The van der Waals surface area contributed by atoms with Gasteiger partial charge in [0.05, 0.1) is 23.6 Å². The first-order valence-corrected chi connectivity index (χ1v) is 6.62. The Morgan fingerprint density at radius 2 is 2.10 bits per heavy atom. The average molecular weight is 285 g/mol. The summed E-state index contributed by atoms with van der Waals surface area (Å²) in [6, 6.07) is 0. The molecule has 1 aliphatic rings. The minimum absolute atomic E-state index is 0.0252. The van der Waals surface area contributed by atoms with Crippen LogP contribution in [-0.4, -0.2) is 38.0 Å². The van der Waals surface area contributed by atoms with Gasteiger partial charge in [0.2, 0.25) is 5.91 Å². The summed E-state index contributed by atoms with van der Waals surface area (Å²) in [5, 5.41) is 3.93. The van der Waals surface area contributed by atoms with Crippen molar-refractivity contribution in [1.82, 2.24) is 19.7 Å². The highest BCUT2D eigenvalue weighted by Crippen LogP contribution is 2.22. The van der Waals surface area contributed by atoms with Gasteiger partial charge in [-0.2, -0.15) is 5.10 Å². The van der Waals surface area contributed by atoms with Gasteiger partial charge in [-0.05, 0) is 17.5 Å². The largest absolute Gasteiger partial charge is 0.396 e. The second-order valence-corrected chi connectivity index (χ2v) is 5.04. The van der Waals surface area contributed by atoms with E-state index < -0.39 is 0 Å². The second kappa shape index (κ2) is 5.01. The van der Waals surface area contributed by atoms with E-state index in [-0.39, 0.29) is 11.8 Å². The number of carbonyl (C=O) groups is 2. The monoisotopic (exact) mass is 285 g/mol. The highest BCUT2D eigenvalue weighted by Gasteiger charge is 2.24. The number of aromatic nitrogens is 3. The molecule has 0 unspecified atom stereocenters. The van der Waals surface area contributed by atoms with E-state index in [4.69, 9.17) is 5.73 Å². The van der Waals surface area contributed by atoms with E-state index in [9.17, 15) is 9.59 Å². The third-order valence-electron chi connectivity index (χ3n) is 3.63. The number of carbonyl (C=O) groups excluding carboxylic acids is 2. The van der Waals surface area contributed by atoms with Crippen LogP contribution in [0.1, 0.15) is 28.4 Å². The Hall–Kier alpha value is -2.70. The van der Waals surface area contributed by atoms with Gasteiger partial charge in [0.25, 0.3) is 5.91 Å². The molecule has 2 aromatic rings. The molecule has 0 saturated heterocycles. The molecular formula is C14H15N5O2. The smallest absolute Gasteiger partial charge is 0.280 e. The van der Waals surface area contributed by atoms with Crippen molar-refractivity contribution in [2.24, 2.45) is 0 Å². The van der Waals surface area contributed by atoms with Crippen molar-refractivity contribution in [3.63, 3.8) is 0 Å². The first-order valence-electron chi connectivity index (χ1n) is 6.62. The molecule has 7 nitrogen and oxygen atoms in total. The van der Waals surface area contributed by atoms with Crippen LogP contribution in [-0.2, 0) is 17.8 Å². The van der Waals surface area contributed by atoms with Gasteiger partial charge in [-0.15, -0.1) is 0 Å². The van der Waals surface area contributed by atoms with Gasteiger partial charge in [0, 0.05) is 32.4 Å². The van der Waals surface area contributed by atoms with Crippen molar-refractivity contribution >= 4 is 17.5 Å². The lowest BCUT2D eigenvalue weighted by molar-refractivity contribution is -0.129.